The van der Waals surface area contributed by atoms with Gasteiger partial charge in [0.2, 0.25) is 0 Å². The summed E-state index contributed by atoms with van der Waals surface area (Å²) in [5.41, 5.74) is 9.71. The molecule has 0 atom stereocenters. The van der Waals surface area contributed by atoms with Gasteiger partial charge in [0, 0.05) is 24.4 Å². The minimum atomic E-state index is 0.705. The second kappa shape index (κ2) is 4.14. The first-order valence-electron chi connectivity index (χ1n) is 5.87. The summed E-state index contributed by atoms with van der Waals surface area (Å²) in [6.07, 6.45) is 2.68. The van der Waals surface area contributed by atoms with Gasteiger partial charge in [-0.15, -0.1) is 10.2 Å². The van der Waals surface area contributed by atoms with Gasteiger partial charge in [0.1, 0.15) is 5.82 Å². The van der Waals surface area contributed by atoms with Gasteiger partial charge in [-0.1, -0.05) is 29.8 Å². The van der Waals surface area contributed by atoms with Gasteiger partial charge in [0.15, 0.2) is 5.65 Å². The monoisotopic (exact) mass is 238 g/mol. The van der Waals surface area contributed by atoms with Crippen molar-refractivity contribution in [1.29, 1.82) is 0 Å². The van der Waals surface area contributed by atoms with E-state index in [1.165, 1.54) is 11.1 Å². The molecule has 0 spiro atoms. The number of hydrogen-bond donors (Lipinski definition) is 1. The van der Waals surface area contributed by atoms with Gasteiger partial charge in [0.05, 0.1) is 0 Å². The van der Waals surface area contributed by atoms with Gasteiger partial charge in [0.25, 0.3) is 0 Å². The van der Waals surface area contributed by atoms with E-state index >= 15 is 0 Å². The first-order chi connectivity index (χ1) is 8.72. The van der Waals surface area contributed by atoms with Crippen LogP contribution in [0.1, 0.15) is 17.0 Å². The Morgan fingerprint density at radius 1 is 1.11 bits per heavy atom. The molecule has 4 nitrogen and oxygen atoms in total. The average molecular weight is 238 g/mol. The Morgan fingerprint density at radius 3 is 2.67 bits per heavy atom. The number of aryl methyl sites for hydroxylation is 1. The first kappa shape index (κ1) is 10.8. The summed E-state index contributed by atoms with van der Waals surface area (Å²) < 4.78 is 1.97. The summed E-state index contributed by atoms with van der Waals surface area (Å²) in [5, 5.41) is 8.34. The SMILES string of the molecule is Cc1ccc(Cc2nnc3cc(N)ccn23)cc1. The second-order valence-corrected chi connectivity index (χ2v) is 4.47. The molecule has 0 radical (unpaired) electrons. The largest absolute Gasteiger partial charge is 0.399 e. The molecule has 1 aromatic carbocycles. The molecule has 0 bridgehead atoms. The topological polar surface area (TPSA) is 56.2 Å². The summed E-state index contributed by atoms with van der Waals surface area (Å²) in [6.45, 7) is 2.08. The van der Waals surface area contributed by atoms with Crippen molar-refractivity contribution in [2.75, 3.05) is 5.73 Å². The number of nitrogen functional groups attached to an aromatic ring is 1. The van der Waals surface area contributed by atoms with Gasteiger partial charge in [-0.05, 0) is 18.6 Å². The summed E-state index contributed by atoms with van der Waals surface area (Å²) in [5.74, 6) is 0.925. The summed E-state index contributed by atoms with van der Waals surface area (Å²) in [4.78, 5) is 0. The van der Waals surface area contributed by atoms with Crippen LogP contribution in [0, 0.1) is 6.92 Å². The Balaban J connectivity index is 1.97. The lowest BCUT2D eigenvalue weighted by molar-refractivity contribution is 0.934. The molecular formula is C14H14N4. The van der Waals surface area contributed by atoms with E-state index in [0.29, 0.717) is 5.69 Å². The smallest absolute Gasteiger partial charge is 0.162 e. The van der Waals surface area contributed by atoms with E-state index in [1.807, 2.05) is 22.7 Å². The number of benzene rings is 1. The fraction of sp³-hybridized carbons (Fsp3) is 0.143. The van der Waals surface area contributed by atoms with Crippen molar-refractivity contribution in [3.8, 4) is 0 Å². The Hall–Kier alpha value is -2.36. The Bertz CT molecular complexity index is 683. The predicted octanol–water partition coefficient (Wildman–Crippen LogP) is 2.21. The van der Waals surface area contributed by atoms with Crippen molar-refractivity contribution in [3.63, 3.8) is 0 Å². The maximum atomic E-state index is 5.72. The quantitative estimate of drug-likeness (QED) is 0.744. The van der Waals surface area contributed by atoms with Crippen LogP contribution in [0.4, 0.5) is 5.69 Å². The lowest BCUT2D eigenvalue weighted by Gasteiger charge is -2.01. The van der Waals surface area contributed by atoms with Crippen molar-refractivity contribution >= 4 is 11.3 Å². The van der Waals surface area contributed by atoms with E-state index in [9.17, 15) is 0 Å². The van der Waals surface area contributed by atoms with Crippen LogP contribution in [-0.2, 0) is 6.42 Å². The molecule has 90 valence electrons. The van der Waals surface area contributed by atoms with Crippen molar-refractivity contribution in [3.05, 3.63) is 59.5 Å². The molecule has 0 saturated carbocycles. The number of nitrogens with two attached hydrogens (primary N) is 1. The van der Waals surface area contributed by atoms with E-state index in [2.05, 4.69) is 41.4 Å². The maximum absolute atomic E-state index is 5.72. The zero-order chi connectivity index (χ0) is 12.5. The van der Waals surface area contributed by atoms with Crippen LogP contribution in [0.5, 0.6) is 0 Å². The number of rotatable bonds is 2. The lowest BCUT2D eigenvalue weighted by atomic mass is 10.1. The van der Waals surface area contributed by atoms with Crippen LogP contribution in [0.25, 0.3) is 5.65 Å². The maximum Gasteiger partial charge on any atom is 0.162 e. The third kappa shape index (κ3) is 1.93. The normalized spacial score (nSPS) is 10.9. The molecule has 18 heavy (non-hydrogen) atoms. The highest BCUT2D eigenvalue weighted by Gasteiger charge is 2.06. The standard InChI is InChI=1S/C14H14N4/c1-10-2-4-11(5-3-10)8-13-16-17-14-9-12(15)6-7-18(13)14/h2-7,9H,8,15H2,1H3. The van der Waals surface area contributed by atoms with E-state index < -0.39 is 0 Å². The molecule has 0 fully saturated rings. The third-order valence-electron chi connectivity index (χ3n) is 2.99. The molecule has 0 aliphatic rings. The number of hydrogen-bond acceptors (Lipinski definition) is 3. The predicted molar refractivity (Wildman–Crippen MR) is 71.4 cm³/mol. The molecule has 4 heteroatoms. The van der Waals surface area contributed by atoms with E-state index in [4.69, 9.17) is 5.73 Å². The van der Waals surface area contributed by atoms with Crippen molar-refractivity contribution in [1.82, 2.24) is 14.6 Å². The van der Waals surface area contributed by atoms with Crippen molar-refractivity contribution < 1.29 is 0 Å². The molecule has 3 aromatic rings. The Labute approximate surface area is 105 Å². The molecule has 3 rings (SSSR count). The number of fused-ring (bicyclic) bond motifs is 1. The minimum absolute atomic E-state index is 0.705. The van der Waals surface area contributed by atoms with Crippen LogP contribution in [0.2, 0.25) is 0 Å². The van der Waals surface area contributed by atoms with Crippen molar-refractivity contribution in [2.45, 2.75) is 13.3 Å². The second-order valence-electron chi connectivity index (χ2n) is 4.47. The fourth-order valence-electron chi connectivity index (χ4n) is 1.97. The third-order valence-corrected chi connectivity index (χ3v) is 2.99. The number of pyridine rings is 1. The number of anilines is 1. The molecule has 0 saturated heterocycles. The van der Waals surface area contributed by atoms with Gasteiger partial charge < -0.3 is 5.73 Å². The molecule has 2 N–H and O–H groups in total. The number of nitrogens with zero attached hydrogens (tertiary/aromatic N) is 3. The van der Waals surface area contributed by atoms with Crippen LogP contribution in [-0.4, -0.2) is 14.6 Å². The van der Waals surface area contributed by atoms with Crippen molar-refractivity contribution in [2.24, 2.45) is 0 Å². The lowest BCUT2D eigenvalue weighted by Crippen LogP contribution is -1.97. The highest BCUT2D eigenvalue weighted by atomic mass is 15.2. The average Bonchev–Trinajstić information content (AvgIpc) is 2.74. The van der Waals surface area contributed by atoms with Crippen LogP contribution >= 0.6 is 0 Å². The fourth-order valence-corrected chi connectivity index (χ4v) is 1.97. The van der Waals surface area contributed by atoms with Crippen LogP contribution < -0.4 is 5.73 Å². The molecule has 2 heterocycles. The Morgan fingerprint density at radius 2 is 1.89 bits per heavy atom. The molecular weight excluding hydrogens is 224 g/mol. The van der Waals surface area contributed by atoms with Gasteiger partial charge in [-0.3, -0.25) is 4.40 Å². The molecule has 0 aliphatic carbocycles. The zero-order valence-corrected chi connectivity index (χ0v) is 10.2. The highest BCUT2D eigenvalue weighted by Crippen LogP contribution is 2.12. The minimum Gasteiger partial charge on any atom is -0.399 e. The highest BCUT2D eigenvalue weighted by molar-refractivity contribution is 5.51. The first-order valence-corrected chi connectivity index (χ1v) is 5.87. The Kier molecular flexibility index (Phi) is 2.48. The summed E-state index contributed by atoms with van der Waals surface area (Å²) in [6, 6.07) is 12.1. The van der Waals surface area contributed by atoms with Gasteiger partial charge in [-0.2, -0.15) is 0 Å². The molecule has 0 unspecified atom stereocenters. The van der Waals surface area contributed by atoms with Gasteiger partial charge in [-0.25, -0.2) is 0 Å². The van der Waals surface area contributed by atoms with E-state index in [1.54, 1.807) is 0 Å². The summed E-state index contributed by atoms with van der Waals surface area (Å²) in [7, 11) is 0. The van der Waals surface area contributed by atoms with Gasteiger partial charge >= 0.3 is 0 Å². The van der Waals surface area contributed by atoms with E-state index in [-0.39, 0.29) is 0 Å². The van der Waals surface area contributed by atoms with Crippen LogP contribution in [0.15, 0.2) is 42.6 Å². The van der Waals surface area contributed by atoms with E-state index in [0.717, 1.165) is 17.9 Å². The zero-order valence-electron chi connectivity index (χ0n) is 10.2. The molecule has 0 amide bonds. The number of aromatic nitrogens is 3. The summed E-state index contributed by atoms with van der Waals surface area (Å²) >= 11 is 0. The molecule has 0 aliphatic heterocycles. The molecule has 2 aromatic heterocycles. The van der Waals surface area contributed by atoms with Crippen LogP contribution in [0.3, 0.4) is 0 Å².